The van der Waals surface area contributed by atoms with E-state index in [9.17, 15) is 5.11 Å². The second kappa shape index (κ2) is 7.21. The van der Waals surface area contributed by atoms with Gasteiger partial charge in [0.05, 0.1) is 18.8 Å². The van der Waals surface area contributed by atoms with Crippen LogP contribution in [0.25, 0.3) is 0 Å². The fourth-order valence-electron chi connectivity index (χ4n) is 3.18. The Hall–Kier alpha value is -1.80. The molecule has 2 heterocycles. The predicted octanol–water partition coefficient (Wildman–Crippen LogP) is 2.29. The highest BCUT2D eigenvalue weighted by atomic mass is 16.5. The summed E-state index contributed by atoms with van der Waals surface area (Å²) in [6.45, 7) is 8.09. The van der Waals surface area contributed by atoms with Crippen molar-refractivity contribution in [2.24, 2.45) is 0 Å². The van der Waals surface area contributed by atoms with Gasteiger partial charge in [0, 0.05) is 12.0 Å². The first-order chi connectivity index (χ1) is 11.8. The smallest absolute Gasteiger partial charge is 0.229 e. The zero-order valence-corrected chi connectivity index (χ0v) is 15.4. The zero-order chi connectivity index (χ0) is 18.0. The monoisotopic (exact) mass is 348 g/mol. The molecule has 8 heteroatoms. The maximum absolute atomic E-state index is 10.1. The van der Waals surface area contributed by atoms with Crippen LogP contribution in [0.2, 0.25) is 0 Å². The van der Waals surface area contributed by atoms with Gasteiger partial charge in [-0.1, -0.05) is 37.1 Å². The van der Waals surface area contributed by atoms with E-state index in [1.165, 1.54) is 12.8 Å². The minimum Gasteiger partial charge on any atom is -0.384 e. The average Bonchev–Trinajstić information content (AvgIpc) is 3.22. The summed E-state index contributed by atoms with van der Waals surface area (Å²) >= 11 is 0. The molecule has 1 fully saturated rings. The molecule has 2 atom stereocenters. The van der Waals surface area contributed by atoms with Crippen LogP contribution in [0.5, 0.6) is 0 Å². The topological polar surface area (TPSA) is 102 Å². The number of rotatable bonds is 6. The van der Waals surface area contributed by atoms with Crippen molar-refractivity contribution in [2.45, 2.75) is 83.5 Å². The standard InChI is InChI=1S/C17H28N6O2/c1-11(2)16-19-15(21-25-16)9-18-12-7-5-6-8-13(12)23-10-14(20-22-23)17(3,4)24/h10-13,18,24H,5-9H2,1-4H3/t12-,13+/m0/s1. The van der Waals surface area contributed by atoms with Gasteiger partial charge in [-0.3, -0.25) is 0 Å². The predicted molar refractivity (Wildman–Crippen MR) is 91.8 cm³/mol. The van der Waals surface area contributed by atoms with E-state index >= 15 is 0 Å². The molecule has 8 nitrogen and oxygen atoms in total. The fraction of sp³-hybridized carbons (Fsp3) is 0.765. The molecule has 1 aliphatic rings. The van der Waals surface area contributed by atoms with Crippen molar-refractivity contribution in [2.75, 3.05) is 0 Å². The van der Waals surface area contributed by atoms with Gasteiger partial charge in [-0.2, -0.15) is 4.98 Å². The van der Waals surface area contributed by atoms with Gasteiger partial charge in [0.15, 0.2) is 5.82 Å². The zero-order valence-electron chi connectivity index (χ0n) is 15.4. The van der Waals surface area contributed by atoms with E-state index < -0.39 is 5.60 Å². The molecule has 0 amide bonds. The lowest BCUT2D eigenvalue weighted by Gasteiger charge is -2.31. The first kappa shape index (κ1) is 18.0. The third-order valence-electron chi connectivity index (χ3n) is 4.71. The lowest BCUT2D eigenvalue weighted by atomic mass is 9.90. The van der Waals surface area contributed by atoms with Gasteiger partial charge in [0.2, 0.25) is 5.89 Å². The summed E-state index contributed by atoms with van der Waals surface area (Å²) in [7, 11) is 0. The van der Waals surface area contributed by atoms with Gasteiger partial charge in [-0.25, -0.2) is 4.68 Å². The molecule has 1 saturated carbocycles. The Morgan fingerprint density at radius 1 is 1.36 bits per heavy atom. The van der Waals surface area contributed by atoms with Crippen molar-refractivity contribution >= 4 is 0 Å². The van der Waals surface area contributed by atoms with Crippen molar-refractivity contribution in [3.8, 4) is 0 Å². The number of nitrogens with zero attached hydrogens (tertiary/aromatic N) is 5. The van der Waals surface area contributed by atoms with E-state index in [0.717, 1.165) is 12.8 Å². The molecule has 0 radical (unpaired) electrons. The normalized spacial score (nSPS) is 21.8. The van der Waals surface area contributed by atoms with Gasteiger partial charge in [-0.05, 0) is 26.7 Å². The highest BCUT2D eigenvalue weighted by molar-refractivity contribution is 5.04. The van der Waals surface area contributed by atoms with E-state index in [0.29, 0.717) is 24.0 Å². The summed E-state index contributed by atoms with van der Waals surface area (Å²) in [6.07, 6.45) is 6.31. The SMILES string of the molecule is CC(C)c1nc(CN[C@H]2CCCC[C@H]2n2cc(C(C)(C)O)nn2)no1. The Morgan fingerprint density at radius 3 is 2.76 bits per heavy atom. The highest BCUT2D eigenvalue weighted by Crippen LogP contribution is 2.29. The Labute approximate surface area is 148 Å². The molecule has 25 heavy (non-hydrogen) atoms. The van der Waals surface area contributed by atoms with Gasteiger partial charge >= 0.3 is 0 Å². The summed E-state index contributed by atoms with van der Waals surface area (Å²) in [6, 6.07) is 0.486. The van der Waals surface area contributed by atoms with E-state index in [1.54, 1.807) is 13.8 Å². The number of hydrogen-bond acceptors (Lipinski definition) is 7. The molecule has 0 unspecified atom stereocenters. The average molecular weight is 348 g/mol. The number of aliphatic hydroxyl groups is 1. The molecule has 2 aromatic rings. The van der Waals surface area contributed by atoms with Crippen LogP contribution < -0.4 is 5.32 Å². The molecule has 0 spiro atoms. The Balaban J connectivity index is 1.67. The number of hydrogen-bond donors (Lipinski definition) is 2. The molecule has 138 valence electrons. The van der Waals surface area contributed by atoms with Crippen molar-refractivity contribution in [3.05, 3.63) is 23.6 Å². The molecular weight excluding hydrogens is 320 g/mol. The van der Waals surface area contributed by atoms with Crippen LogP contribution in [-0.4, -0.2) is 36.3 Å². The van der Waals surface area contributed by atoms with Crippen molar-refractivity contribution in [1.82, 2.24) is 30.5 Å². The van der Waals surface area contributed by atoms with E-state index in [1.807, 2.05) is 24.7 Å². The second-order valence-electron chi connectivity index (χ2n) is 7.69. The molecule has 2 N–H and O–H groups in total. The third kappa shape index (κ3) is 4.24. The van der Waals surface area contributed by atoms with Gasteiger partial charge < -0.3 is 14.9 Å². The molecule has 2 aromatic heterocycles. The Bertz CT molecular complexity index is 687. The van der Waals surface area contributed by atoms with E-state index in [2.05, 4.69) is 25.8 Å². The molecule has 0 aromatic carbocycles. The maximum atomic E-state index is 10.1. The first-order valence-electron chi connectivity index (χ1n) is 9.05. The quantitative estimate of drug-likeness (QED) is 0.825. The first-order valence-corrected chi connectivity index (χ1v) is 9.05. The van der Waals surface area contributed by atoms with Gasteiger partial charge in [0.1, 0.15) is 11.3 Å². The molecule has 1 aliphatic carbocycles. The number of aromatic nitrogens is 5. The van der Waals surface area contributed by atoms with Crippen LogP contribution in [0.3, 0.4) is 0 Å². The van der Waals surface area contributed by atoms with Crippen LogP contribution in [0, 0.1) is 0 Å². The Kier molecular flexibility index (Phi) is 5.19. The van der Waals surface area contributed by atoms with Crippen LogP contribution in [0.15, 0.2) is 10.7 Å². The van der Waals surface area contributed by atoms with Gasteiger partial charge in [-0.15, -0.1) is 5.10 Å². The summed E-state index contributed by atoms with van der Waals surface area (Å²) in [5.74, 6) is 1.59. The lowest BCUT2D eigenvalue weighted by Crippen LogP contribution is -2.40. The summed E-state index contributed by atoms with van der Waals surface area (Å²) < 4.78 is 7.15. The van der Waals surface area contributed by atoms with Crippen molar-refractivity contribution in [3.63, 3.8) is 0 Å². The fourth-order valence-corrected chi connectivity index (χ4v) is 3.18. The largest absolute Gasteiger partial charge is 0.384 e. The minimum absolute atomic E-state index is 0.217. The third-order valence-corrected chi connectivity index (χ3v) is 4.71. The second-order valence-corrected chi connectivity index (χ2v) is 7.69. The van der Waals surface area contributed by atoms with Crippen LogP contribution >= 0.6 is 0 Å². The molecule has 0 saturated heterocycles. The summed E-state index contributed by atoms with van der Waals surface area (Å²) in [4.78, 5) is 4.42. The van der Waals surface area contributed by atoms with Gasteiger partial charge in [0.25, 0.3) is 0 Å². The van der Waals surface area contributed by atoms with Crippen LogP contribution in [-0.2, 0) is 12.1 Å². The van der Waals surface area contributed by atoms with Crippen LogP contribution in [0.4, 0.5) is 0 Å². The van der Waals surface area contributed by atoms with Crippen molar-refractivity contribution < 1.29 is 9.63 Å². The lowest BCUT2D eigenvalue weighted by molar-refractivity contribution is 0.0736. The summed E-state index contributed by atoms with van der Waals surface area (Å²) in [5, 5.41) is 26.1. The molecule has 3 rings (SSSR count). The maximum Gasteiger partial charge on any atom is 0.229 e. The van der Waals surface area contributed by atoms with E-state index in [4.69, 9.17) is 4.52 Å². The Morgan fingerprint density at radius 2 is 2.12 bits per heavy atom. The highest BCUT2D eigenvalue weighted by Gasteiger charge is 2.29. The number of nitrogens with one attached hydrogen (secondary N) is 1. The molecular formula is C17H28N6O2. The molecule has 0 bridgehead atoms. The molecule has 0 aliphatic heterocycles. The van der Waals surface area contributed by atoms with Crippen molar-refractivity contribution in [1.29, 1.82) is 0 Å². The van der Waals surface area contributed by atoms with E-state index in [-0.39, 0.29) is 18.0 Å². The minimum atomic E-state index is -0.978. The summed E-state index contributed by atoms with van der Waals surface area (Å²) in [5.41, 5.74) is -0.384. The van der Waals surface area contributed by atoms with Crippen LogP contribution in [0.1, 0.15) is 82.7 Å².